The average Bonchev–Trinajstić information content (AvgIpc) is 3.35. The number of furan rings is 1. The summed E-state index contributed by atoms with van der Waals surface area (Å²) in [6.07, 6.45) is 0. The molecule has 32 heavy (non-hydrogen) atoms. The topological polar surface area (TPSA) is 25.7 Å². The first-order chi connectivity index (χ1) is 15.7. The number of anilines is 2. The number of nitrogens with zero attached hydrogens (tertiary/aromatic N) is 3. The number of aromatic nitrogens is 1. The van der Waals surface area contributed by atoms with Crippen molar-refractivity contribution in [1.82, 2.24) is 4.57 Å². The molecule has 0 saturated heterocycles. The van der Waals surface area contributed by atoms with Crippen LogP contribution in [0.4, 0.5) is 17.1 Å². The SMILES string of the molecule is [C-]#[N+]c1cc2c3c(c1)c1c4oc5ccccc5c4ccc1n3-c1ccccc1N2C(C)C. The lowest BCUT2D eigenvalue weighted by Gasteiger charge is -2.36. The molecular formula is C28H19N3O. The lowest BCUT2D eigenvalue weighted by atomic mass is 10.0. The molecule has 0 atom stereocenters. The van der Waals surface area contributed by atoms with E-state index in [0.717, 1.165) is 60.8 Å². The van der Waals surface area contributed by atoms with Gasteiger partial charge in [0.05, 0.1) is 40.1 Å². The molecule has 0 N–H and O–H groups in total. The number of hydrogen-bond donors (Lipinski definition) is 0. The summed E-state index contributed by atoms with van der Waals surface area (Å²) >= 11 is 0. The fourth-order valence-corrected chi connectivity index (χ4v) is 5.42. The van der Waals surface area contributed by atoms with E-state index in [-0.39, 0.29) is 6.04 Å². The van der Waals surface area contributed by atoms with Gasteiger partial charge in [-0.25, -0.2) is 4.85 Å². The van der Waals surface area contributed by atoms with E-state index in [4.69, 9.17) is 11.0 Å². The Hall–Kier alpha value is -4.23. The van der Waals surface area contributed by atoms with Crippen molar-refractivity contribution in [2.24, 2.45) is 0 Å². The van der Waals surface area contributed by atoms with Crippen LogP contribution >= 0.6 is 0 Å². The van der Waals surface area contributed by atoms with Crippen LogP contribution in [0, 0.1) is 6.57 Å². The second-order valence-electron chi connectivity index (χ2n) is 8.70. The summed E-state index contributed by atoms with van der Waals surface area (Å²) in [5.74, 6) is 0. The van der Waals surface area contributed by atoms with E-state index in [0.29, 0.717) is 5.69 Å². The summed E-state index contributed by atoms with van der Waals surface area (Å²) in [4.78, 5) is 6.17. The zero-order chi connectivity index (χ0) is 21.6. The lowest BCUT2D eigenvalue weighted by Crippen LogP contribution is -2.29. The summed E-state index contributed by atoms with van der Waals surface area (Å²) in [6.45, 7) is 12.2. The number of fused-ring (bicyclic) bond motifs is 9. The van der Waals surface area contributed by atoms with E-state index < -0.39 is 0 Å². The number of rotatable bonds is 1. The van der Waals surface area contributed by atoms with Gasteiger partial charge in [0.25, 0.3) is 0 Å². The minimum absolute atomic E-state index is 0.248. The number of hydrogen-bond acceptors (Lipinski definition) is 2. The molecule has 0 radical (unpaired) electrons. The monoisotopic (exact) mass is 413 g/mol. The third-order valence-corrected chi connectivity index (χ3v) is 6.62. The van der Waals surface area contributed by atoms with Crippen LogP contribution in [0.15, 0.2) is 77.2 Å². The van der Waals surface area contributed by atoms with Crippen LogP contribution in [0.5, 0.6) is 0 Å². The molecule has 4 aromatic carbocycles. The molecule has 2 aromatic heterocycles. The van der Waals surface area contributed by atoms with Crippen molar-refractivity contribution in [3.63, 3.8) is 0 Å². The first kappa shape index (κ1) is 17.5. The minimum atomic E-state index is 0.248. The molecule has 0 amide bonds. The van der Waals surface area contributed by atoms with Crippen molar-refractivity contribution < 1.29 is 4.42 Å². The minimum Gasteiger partial charge on any atom is -0.455 e. The predicted octanol–water partition coefficient (Wildman–Crippen LogP) is 8.09. The Morgan fingerprint density at radius 1 is 0.812 bits per heavy atom. The lowest BCUT2D eigenvalue weighted by molar-refractivity contribution is 0.673. The van der Waals surface area contributed by atoms with E-state index in [1.807, 2.05) is 30.3 Å². The predicted molar refractivity (Wildman–Crippen MR) is 132 cm³/mol. The molecule has 7 rings (SSSR count). The summed E-state index contributed by atoms with van der Waals surface area (Å²) in [5, 5.41) is 4.36. The Kier molecular flexibility index (Phi) is 3.23. The third kappa shape index (κ3) is 2.01. The molecule has 0 unspecified atom stereocenters. The first-order valence-electron chi connectivity index (χ1n) is 10.9. The number of para-hydroxylation sites is 3. The van der Waals surface area contributed by atoms with Gasteiger partial charge in [0, 0.05) is 22.2 Å². The molecule has 4 nitrogen and oxygen atoms in total. The highest BCUT2D eigenvalue weighted by Gasteiger charge is 2.30. The number of benzene rings is 4. The normalized spacial score (nSPS) is 12.9. The second-order valence-corrected chi connectivity index (χ2v) is 8.70. The van der Waals surface area contributed by atoms with Crippen molar-refractivity contribution in [2.75, 3.05) is 4.90 Å². The van der Waals surface area contributed by atoms with Crippen LogP contribution in [-0.2, 0) is 0 Å². The van der Waals surface area contributed by atoms with Crippen molar-refractivity contribution in [2.45, 2.75) is 19.9 Å². The molecule has 0 fully saturated rings. The van der Waals surface area contributed by atoms with Gasteiger partial charge < -0.3 is 13.9 Å². The van der Waals surface area contributed by atoms with Crippen molar-refractivity contribution in [3.05, 3.63) is 84.2 Å². The maximum Gasteiger partial charge on any atom is 0.190 e. The van der Waals surface area contributed by atoms with Gasteiger partial charge in [-0.2, -0.15) is 0 Å². The van der Waals surface area contributed by atoms with Gasteiger partial charge in [0.15, 0.2) is 5.69 Å². The maximum absolute atomic E-state index is 7.77. The molecule has 3 heterocycles. The van der Waals surface area contributed by atoms with Gasteiger partial charge in [-0.1, -0.05) is 30.3 Å². The van der Waals surface area contributed by atoms with Crippen LogP contribution in [0.25, 0.3) is 54.3 Å². The van der Waals surface area contributed by atoms with Crippen molar-refractivity contribution in [1.29, 1.82) is 0 Å². The highest BCUT2D eigenvalue weighted by atomic mass is 16.3. The maximum atomic E-state index is 7.77. The van der Waals surface area contributed by atoms with Gasteiger partial charge in [-0.15, -0.1) is 0 Å². The molecule has 1 aliphatic rings. The highest BCUT2D eigenvalue weighted by Crippen LogP contribution is 2.50. The van der Waals surface area contributed by atoms with Crippen LogP contribution in [0.2, 0.25) is 0 Å². The molecule has 0 saturated carbocycles. The van der Waals surface area contributed by atoms with Crippen molar-refractivity contribution in [3.8, 4) is 5.69 Å². The Bertz CT molecular complexity index is 1780. The second kappa shape index (κ2) is 5.93. The third-order valence-electron chi connectivity index (χ3n) is 6.62. The van der Waals surface area contributed by atoms with Crippen LogP contribution in [0.3, 0.4) is 0 Å². The largest absolute Gasteiger partial charge is 0.455 e. The zero-order valence-electron chi connectivity index (χ0n) is 17.8. The fraction of sp³-hybridized carbons (Fsp3) is 0.107. The summed E-state index contributed by atoms with van der Waals surface area (Å²) < 4.78 is 8.77. The van der Waals surface area contributed by atoms with E-state index in [9.17, 15) is 0 Å². The molecule has 4 heteroatoms. The molecule has 1 aliphatic heterocycles. The van der Waals surface area contributed by atoms with E-state index in [1.54, 1.807) is 0 Å². The van der Waals surface area contributed by atoms with Crippen molar-refractivity contribution >= 4 is 60.8 Å². The van der Waals surface area contributed by atoms with Gasteiger partial charge in [-0.3, -0.25) is 0 Å². The van der Waals surface area contributed by atoms with E-state index >= 15 is 0 Å². The smallest absolute Gasteiger partial charge is 0.190 e. The molecule has 0 aliphatic carbocycles. The van der Waals surface area contributed by atoms with Gasteiger partial charge >= 0.3 is 0 Å². The average molecular weight is 413 g/mol. The molecule has 152 valence electrons. The van der Waals surface area contributed by atoms with Crippen LogP contribution in [-0.4, -0.2) is 10.6 Å². The highest BCUT2D eigenvalue weighted by molar-refractivity contribution is 6.26. The molecule has 0 spiro atoms. The Morgan fingerprint density at radius 2 is 1.59 bits per heavy atom. The quantitative estimate of drug-likeness (QED) is 0.255. The summed E-state index contributed by atoms with van der Waals surface area (Å²) in [5.41, 5.74) is 8.03. The van der Waals surface area contributed by atoms with Gasteiger partial charge in [0.1, 0.15) is 11.2 Å². The molecule has 6 aromatic rings. The van der Waals surface area contributed by atoms with E-state index in [1.165, 1.54) is 0 Å². The zero-order valence-corrected chi connectivity index (χ0v) is 17.8. The van der Waals surface area contributed by atoms with Gasteiger partial charge in [-0.05, 0) is 56.3 Å². The van der Waals surface area contributed by atoms with Crippen LogP contribution < -0.4 is 4.90 Å². The fourth-order valence-electron chi connectivity index (χ4n) is 5.42. The summed E-state index contributed by atoms with van der Waals surface area (Å²) in [6, 6.07) is 25.3. The standard InChI is InChI=1S/C28H19N3O/c1-16(2)30-21-9-5-6-10-22(21)31-23-13-12-19-18-8-4-7-11-25(18)32-28(19)26(23)20-14-17(29-3)15-24(30)27(20)31/h4-16H,1-2H3. The Morgan fingerprint density at radius 3 is 2.41 bits per heavy atom. The molecule has 0 bridgehead atoms. The summed E-state index contributed by atoms with van der Waals surface area (Å²) in [7, 11) is 0. The van der Waals surface area contributed by atoms with E-state index in [2.05, 4.69) is 70.6 Å². The first-order valence-corrected chi connectivity index (χ1v) is 10.9. The molecular weight excluding hydrogens is 394 g/mol. The Balaban J connectivity index is 1.78. The Labute approximate surface area is 184 Å². The van der Waals surface area contributed by atoms with Gasteiger partial charge in [0.2, 0.25) is 0 Å². The van der Waals surface area contributed by atoms with Crippen LogP contribution in [0.1, 0.15) is 13.8 Å².